The molecule has 0 aliphatic rings. The molecule has 0 aliphatic carbocycles. The average Bonchev–Trinajstić information content (AvgIpc) is 2.61. The number of rotatable bonds is 13. The second kappa shape index (κ2) is 11.8. The van der Waals surface area contributed by atoms with Crippen molar-refractivity contribution in [3.05, 3.63) is 45.6 Å². The molecule has 0 saturated heterocycles. The monoisotopic (exact) mass is 385 g/mol. The van der Waals surface area contributed by atoms with E-state index in [9.17, 15) is 14.7 Å². The van der Waals surface area contributed by atoms with Crippen LogP contribution in [0.1, 0.15) is 52.0 Å². The third kappa shape index (κ3) is 8.61. The summed E-state index contributed by atoms with van der Waals surface area (Å²) in [6.07, 6.45) is 4.79. The van der Waals surface area contributed by atoms with E-state index in [4.69, 9.17) is 13.8 Å². The Hall–Kier alpha value is -1.69. The van der Waals surface area contributed by atoms with Gasteiger partial charge in [-0.25, -0.2) is 0 Å². The Balaban J connectivity index is 2.67. The number of benzene rings is 1. The Labute approximate surface area is 155 Å². The number of allylic oxidation sites excluding steroid dienone is 1. The van der Waals surface area contributed by atoms with Crippen LogP contribution in [0.3, 0.4) is 0 Å². The Bertz CT molecular complexity index is 615. The molecule has 0 amide bonds. The first-order chi connectivity index (χ1) is 12.4. The fourth-order valence-electron chi connectivity index (χ4n) is 1.92. The van der Waals surface area contributed by atoms with E-state index in [0.717, 1.165) is 25.7 Å². The van der Waals surface area contributed by atoms with Crippen LogP contribution in [0.5, 0.6) is 5.75 Å². The predicted octanol–water partition coefficient (Wildman–Crippen LogP) is 5.49. The fourth-order valence-corrected chi connectivity index (χ4v) is 3.26. The normalized spacial score (nSPS) is 12.2. The fraction of sp³-hybridized carbons (Fsp3) is 0.556. The lowest BCUT2D eigenvalue weighted by Crippen LogP contribution is -2.07. The number of hydrogen-bond acceptors (Lipinski definition) is 6. The summed E-state index contributed by atoms with van der Waals surface area (Å²) in [5, 5.41) is 10.7. The largest absolute Gasteiger partial charge is 0.481 e. The van der Waals surface area contributed by atoms with Crippen molar-refractivity contribution >= 4 is 13.7 Å². The summed E-state index contributed by atoms with van der Waals surface area (Å²) in [4.78, 5) is 10.2. The molecule has 7 nitrogen and oxygen atoms in total. The molecule has 1 aromatic carbocycles. The molecular weight excluding hydrogens is 357 g/mol. The molecule has 1 rings (SSSR count). The first-order valence-electron chi connectivity index (χ1n) is 8.84. The van der Waals surface area contributed by atoms with E-state index in [2.05, 4.69) is 0 Å². The second-order valence-corrected chi connectivity index (χ2v) is 7.87. The summed E-state index contributed by atoms with van der Waals surface area (Å²) >= 11 is 0. The van der Waals surface area contributed by atoms with Crippen LogP contribution < -0.4 is 4.74 Å². The summed E-state index contributed by atoms with van der Waals surface area (Å²) in [6, 6.07) is 6.73. The number of unbranched alkanes of at least 4 members (excludes halogenated alkanes) is 2. The van der Waals surface area contributed by atoms with Crippen molar-refractivity contribution in [2.75, 3.05) is 19.6 Å². The van der Waals surface area contributed by atoms with Crippen molar-refractivity contribution in [2.45, 2.75) is 46.5 Å². The van der Waals surface area contributed by atoms with Crippen LogP contribution in [0.2, 0.25) is 0 Å². The predicted molar refractivity (Wildman–Crippen MR) is 102 cm³/mol. The lowest BCUT2D eigenvalue weighted by molar-refractivity contribution is -0.422. The third-order valence-corrected chi connectivity index (χ3v) is 5.10. The average molecular weight is 385 g/mol. The van der Waals surface area contributed by atoms with E-state index in [0.29, 0.717) is 24.5 Å². The van der Waals surface area contributed by atoms with Gasteiger partial charge in [-0.1, -0.05) is 38.8 Å². The van der Waals surface area contributed by atoms with Gasteiger partial charge < -0.3 is 13.8 Å². The van der Waals surface area contributed by atoms with E-state index in [1.807, 2.05) is 13.8 Å². The van der Waals surface area contributed by atoms with Crippen LogP contribution in [0.4, 0.5) is 0 Å². The molecule has 0 aliphatic heterocycles. The van der Waals surface area contributed by atoms with Crippen molar-refractivity contribution in [2.24, 2.45) is 0 Å². The van der Waals surface area contributed by atoms with Crippen molar-refractivity contribution < 1.29 is 23.3 Å². The van der Waals surface area contributed by atoms with Crippen LogP contribution in [-0.2, 0) is 13.6 Å². The van der Waals surface area contributed by atoms with Gasteiger partial charge in [0.15, 0.2) is 6.35 Å². The van der Waals surface area contributed by atoms with E-state index in [-0.39, 0.29) is 12.0 Å². The van der Waals surface area contributed by atoms with Crippen molar-refractivity contribution in [3.8, 4) is 5.75 Å². The summed E-state index contributed by atoms with van der Waals surface area (Å²) in [7, 11) is -3.32. The number of nitrogens with zero attached hydrogens (tertiary/aromatic N) is 1. The van der Waals surface area contributed by atoms with Gasteiger partial charge in [-0.3, -0.25) is 14.7 Å². The molecule has 8 heteroatoms. The Morgan fingerprint density at radius 3 is 2.12 bits per heavy atom. The molecule has 0 atom stereocenters. The number of nitro groups is 1. The lowest BCUT2D eigenvalue weighted by Gasteiger charge is -2.19. The summed E-state index contributed by atoms with van der Waals surface area (Å²) in [5.74, 6) is 0.499. The SMILES string of the molecule is CCCCOP(=O)(COc1ccc(C=C(C)[N+](=O)[O-])cc1)OCCCC. The maximum Gasteiger partial charge on any atom is 0.367 e. The maximum absolute atomic E-state index is 12.8. The quantitative estimate of drug-likeness (QED) is 0.193. The molecule has 0 fully saturated rings. The summed E-state index contributed by atoms with van der Waals surface area (Å²) < 4.78 is 29.3. The molecular formula is C18H28NO6P. The first kappa shape index (κ1) is 22.4. The smallest absolute Gasteiger partial charge is 0.367 e. The van der Waals surface area contributed by atoms with E-state index in [1.54, 1.807) is 24.3 Å². The molecule has 0 radical (unpaired) electrons. The zero-order valence-corrected chi connectivity index (χ0v) is 16.6. The van der Waals surface area contributed by atoms with Gasteiger partial charge >= 0.3 is 7.60 Å². The highest BCUT2D eigenvalue weighted by Crippen LogP contribution is 2.48. The molecule has 1 aromatic rings. The van der Waals surface area contributed by atoms with Crippen molar-refractivity contribution in [1.82, 2.24) is 0 Å². The highest BCUT2D eigenvalue weighted by molar-refractivity contribution is 7.53. The van der Waals surface area contributed by atoms with Crippen LogP contribution in [0.25, 0.3) is 6.08 Å². The molecule has 0 saturated carbocycles. The van der Waals surface area contributed by atoms with Crippen LogP contribution in [0.15, 0.2) is 30.0 Å². The number of hydrogen-bond donors (Lipinski definition) is 0. The van der Waals surface area contributed by atoms with Gasteiger partial charge in [0, 0.05) is 13.0 Å². The standard InChI is InChI=1S/C18H28NO6P/c1-4-6-12-24-26(22,25-13-7-5-2)15-23-18-10-8-17(9-11-18)14-16(3)19(20)21/h8-11,14H,4-7,12-13,15H2,1-3H3. The second-order valence-electron chi connectivity index (χ2n) is 5.87. The van der Waals surface area contributed by atoms with Crippen LogP contribution in [-0.4, -0.2) is 24.5 Å². The summed E-state index contributed by atoms with van der Waals surface area (Å²) in [5.41, 5.74) is 0.741. The molecule has 0 spiro atoms. The van der Waals surface area contributed by atoms with Gasteiger partial charge in [-0.15, -0.1) is 0 Å². The minimum Gasteiger partial charge on any atom is -0.481 e. The minimum atomic E-state index is -3.32. The van der Waals surface area contributed by atoms with Crippen LogP contribution in [0, 0.1) is 10.1 Å². The van der Waals surface area contributed by atoms with Gasteiger partial charge in [-0.2, -0.15) is 0 Å². The summed E-state index contributed by atoms with van der Waals surface area (Å²) in [6.45, 7) is 6.22. The molecule has 146 valence electrons. The van der Waals surface area contributed by atoms with Crippen molar-refractivity contribution in [3.63, 3.8) is 0 Å². The topological polar surface area (TPSA) is 87.9 Å². The molecule has 0 unspecified atom stereocenters. The minimum absolute atomic E-state index is 0.0526. The van der Waals surface area contributed by atoms with Crippen molar-refractivity contribution in [1.29, 1.82) is 0 Å². The van der Waals surface area contributed by atoms with E-state index >= 15 is 0 Å². The molecule has 0 N–H and O–H groups in total. The zero-order valence-electron chi connectivity index (χ0n) is 15.7. The zero-order chi connectivity index (χ0) is 19.4. The number of ether oxygens (including phenoxy) is 1. The molecule has 0 heterocycles. The third-order valence-electron chi connectivity index (χ3n) is 3.50. The first-order valence-corrected chi connectivity index (χ1v) is 10.6. The maximum atomic E-state index is 12.8. The van der Waals surface area contributed by atoms with E-state index < -0.39 is 12.5 Å². The highest BCUT2D eigenvalue weighted by atomic mass is 31.2. The van der Waals surface area contributed by atoms with Gasteiger partial charge in [0.2, 0.25) is 5.70 Å². The van der Waals surface area contributed by atoms with E-state index in [1.165, 1.54) is 13.0 Å². The molecule has 0 bridgehead atoms. The Morgan fingerprint density at radius 1 is 1.12 bits per heavy atom. The van der Waals surface area contributed by atoms with Gasteiger partial charge in [0.25, 0.3) is 0 Å². The Morgan fingerprint density at radius 2 is 1.65 bits per heavy atom. The van der Waals surface area contributed by atoms with Gasteiger partial charge in [0.05, 0.1) is 18.1 Å². The molecule has 26 heavy (non-hydrogen) atoms. The Kier molecular flexibility index (Phi) is 10.2. The van der Waals surface area contributed by atoms with Gasteiger partial charge in [-0.05, 0) is 30.5 Å². The highest BCUT2D eigenvalue weighted by Gasteiger charge is 2.25. The van der Waals surface area contributed by atoms with Gasteiger partial charge in [0.1, 0.15) is 5.75 Å². The van der Waals surface area contributed by atoms with Crippen LogP contribution >= 0.6 is 7.60 Å². The lowest BCUT2D eigenvalue weighted by atomic mass is 10.2. The molecule has 0 aromatic heterocycles.